The molecular formula is C30H32Cl2N2O6S. The van der Waals surface area contributed by atoms with Crippen molar-refractivity contribution in [3.63, 3.8) is 0 Å². The highest BCUT2D eigenvalue weighted by atomic mass is 35.5. The van der Waals surface area contributed by atoms with Gasteiger partial charge in [0, 0.05) is 35.2 Å². The molecule has 0 aromatic heterocycles. The number of likely N-dealkylation sites (tertiary alicyclic amines) is 1. The van der Waals surface area contributed by atoms with Crippen LogP contribution in [0.4, 0.5) is 5.69 Å². The summed E-state index contributed by atoms with van der Waals surface area (Å²) in [6.45, 7) is 3.14. The Hall–Kier alpha value is -3.27. The van der Waals surface area contributed by atoms with Crippen LogP contribution in [0.1, 0.15) is 36.5 Å². The molecule has 1 aliphatic rings. The molecule has 1 N–H and O–H groups in total. The molecule has 4 rings (SSSR count). The fourth-order valence-electron chi connectivity index (χ4n) is 4.84. The van der Waals surface area contributed by atoms with E-state index in [0.29, 0.717) is 60.3 Å². The number of nitrogens with zero attached hydrogens (tertiary/aromatic N) is 1. The Labute approximate surface area is 250 Å². The Morgan fingerprint density at radius 1 is 1.00 bits per heavy atom. The van der Waals surface area contributed by atoms with E-state index >= 15 is 0 Å². The number of nitrogens with one attached hydrogen (secondary N) is 1. The number of para-hydroxylation sites is 1. The summed E-state index contributed by atoms with van der Waals surface area (Å²) >= 11 is 12.4. The molecule has 1 aliphatic heterocycles. The number of carbonyl (C=O) groups excluding carboxylic acids is 2. The number of hydrogen-bond donors (Lipinski definition) is 1. The molecule has 41 heavy (non-hydrogen) atoms. The molecule has 3 aromatic rings. The van der Waals surface area contributed by atoms with Gasteiger partial charge in [-0.15, -0.1) is 0 Å². The second-order valence-electron chi connectivity index (χ2n) is 9.75. The number of ether oxygens (including phenoxy) is 2. The molecule has 1 fully saturated rings. The molecule has 11 heteroatoms. The van der Waals surface area contributed by atoms with Gasteiger partial charge >= 0.3 is 5.97 Å². The van der Waals surface area contributed by atoms with E-state index in [0.717, 1.165) is 11.1 Å². The summed E-state index contributed by atoms with van der Waals surface area (Å²) in [5.74, 6) is -0.195. The molecule has 0 unspecified atom stereocenters. The Balaban J connectivity index is 1.41. The zero-order valence-corrected chi connectivity index (χ0v) is 25.2. The SMILES string of the molecule is CCOC(=O)C1CCN(C(=O)Cc2ccc(NS(=O)(=O)c3cccc(Cc4cc(Cl)ccc4Cl)c3OC)cc2)CC1. The van der Waals surface area contributed by atoms with Gasteiger partial charge in [0.15, 0.2) is 0 Å². The summed E-state index contributed by atoms with van der Waals surface area (Å²) in [5, 5.41) is 1.04. The van der Waals surface area contributed by atoms with E-state index in [-0.39, 0.29) is 34.9 Å². The van der Waals surface area contributed by atoms with Crippen molar-refractivity contribution in [1.29, 1.82) is 0 Å². The number of anilines is 1. The fourth-order valence-corrected chi connectivity index (χ4v) is 6.49. The molecule has 0 saturated carbocycles. The first-order valence-electron chi connectivity index (χ1n) is 13.3. The predicted octanol–water partition coefficient (Wildman–Crippen LogP) is 5.74. The van der Waals surface area contributed by atoms with E-state index in [2.05, 4.69) is 4.72 Å². The van der Waals surface area contributed by atoms with E-state index < -0.39 is 10.0 Å². The molecule has 0 aliphatic carbocycles. The van der Waals surface area contributed by atoms with E-state index in [4.69, 9.17) is 32.7 Å². The van der Waals surface area contributed by atoms with Gasteiger partial charge < -0.3 is 14.4 Å². The molecule has 218 valence electrons. The van der Waals surface area contributed by atoms with Gasteiger partial charge in [0.05, 0.1) is 26.1 Å². The normalized spacial score (nSPS) is 14.0. The number of benzene rings is 3. The zero-order chi connectivity index (χ0) is 29.6. The molecule has 0 spiro atoms. The van der Waals surface area contributed by atoms with Crippen molar-refractivity contribution in [2.75, 3.05) is 31.5 Å². The van der Waals surface area contributed by atoms with Crippen molar-refractivity contribution in [3.05, 3.63) is 87.4 Å². The predicted molar refractivity (Wildman–Crippen MR) is 159 cm³/mol. The summed E-state index contributed by atoms with van der Waals surface area (Å²) in [6.07, 6.45) is 1.68. The van der Waals surface area contributed by atoms with Crippen LogP contribution >= 0.6 is 23.2 Å². The number of carbonyl (C=O) groups is 2. The van der Waals surface area contributed by atoms with Gasteiger partial charge in [-0.2, -0.15) is 0 Å². The first-order valence-corrected chi connectivity index (χ1v) is 15.5. The van der Waals surface area contributed by atoms with Gasteiger partial charge in [0.1, 0.15) is 10.6 Å². The maximum Gasteiger partial charge on any atom is 0.309 e. The standard InChI is InChI=1S/C30H32Cl2N2O6S/c1-3-40-30(36)21-13-15-34(16-14-21)28(35)17-20-7-10-25(11-8-20)33-41(37,38)27-6-4-5-22(29(27)39-2)18-23-19-24(31)9-12-26(23)32/h4-12,19,21,33H,3,13-18H2,1-2H3. The van der Waals surface area contributed by atoms with Crippen LogP contribution in [0, 0.1) is 5.92 Å². The number of hydrogen-bond acceptors (Lipinski definition) is 6. The molecule has 1 amide bonds. The minimum atomic E-state index is -4.01. The summed E-state index contributed by atoms with van der Waals surface area (Å²) in [7, 11) is -2.59. The quantitative estimate of drug-likeness (QED) is 0.291. The van der Waals surface area contributed by atoms with Crippen LogP contribution in [0.25, 0.3) is 0 Å². The highest BCUT2D eigenvalue weighted by Gasteiger charge is 2.28. The Morgan fingerprint density at radius 2 is 1.71 bits per heavy atom. The monoisotopic (exact) mass is 618 g/mol. The Kier molecular flexibility index (Phi) is 10.2. The third-order valence-corrected chi connectivity index (χ3v) is 8.98. The first kappa shape index (κ1) is 30.7. The van der Waals surface area contributed by atoms with Gasteiger partial charge in [-0.25, -0.2) is 8.42 Å². The minimum Gasteiger partial charge on any atom is -0.495 e. The first-order chi connectivity index (χ1) is 19.6. The van der Waals surface area contributed by atoms with Crippen LogP contribution in [0.2, 0.25) is 10.0 Å². The minimum absolute atomic E-state index is 0.0128. The molecule has 0 radical (unpaired) electrons. The van der Waals surface area contributed by atoms with Crippen molar-refractivity contribution in [2.45, 2.75) is 37.5 Å². The molecule has 0 atom stereocenters. The lowest BCUT2D eigenvalue weighted by molar-refractivity contribution is -0.151. The number of sulfonamides is 1. The average Bonchev–Trinajstić information content (AvgIpc) is 2.96. The smallest absolute Gasteiger partial charge is 0.309 e. The maximum absolute atomic E-state index is 13.4. The highest BCUT2D eigenvalue weighted by Crippen LogP contribution is 2.33. The van der Waals surface area contributed by atoms with Crippen molar-refractivity contribution in [3.8, 4) is 5.75 Å². The van der Waals surface area contributed by atoms with Crippen molar-refractivity contribution < 1.29 is 27.5 Å². The molecule has 1 heterocycles. The van der Waals surface area contributed by atoms with Crippen LogP contribution in [-0.4, -0.2) is 52.0 Å². The average molecular weight is 620 g/mol. The molecule has 8 nitrogen and oxygen atoms in total. The summed E-state index contributed by atoms with van der Waals surface area (Å²) in [5.41, 5.74) is 2.48. The van der Waals surface area contributed by atoms with Crippen LogP contribution in [-0.2, 0) is 37.2 Å². The van der Waals surface area contributed by atoms with E-state index in [1.54, 1.807) is 66.4 Å². The summed E-state index contributed by atoms with van der Waals surface area (Å²) < 4.78 is 39.9. The number of methoxy groups -OCH3 is 1. The van der Waals surface area contributed by atoms with Crippen LogP contribution in [0.15, 0.2) is 65.6 Å². The van der Waals surface area contributed by atoms with Gasteiger partial charge in [-0.05, 0) is 72.9 Å². The van der Waals surface area contributed by atoms with Crippen LogP contribution in [0.5, 0.6) is 5.75 Å². The van der Waals surface area contributed by atoms with Crippen molar-refractivity contribution in [2.24, 2.45) is 5.92 Å². The summed E-state index contributed by atoms with van der Waals surface area (Å²) in [6, 6.07) is 16.7. The Morgan fingerprint density at radius 3 is 2.37 bits per heavy atom. The second kappa shape index (κ2) is 13.6. The van der Waals surface area contributed by atoms with E-state index in [9.17, 15) is 18.0 Å². The largest absolute Gasteiger partial charge is 0.495 e. The topological polar surface area (TPSA) is 102 Å². The van der Waals surface area contributed by atoms with Gasteiger partial charge in [-0.3, -0.25) is 14.3 Å². The lowest BCUT2D eigenvalue weighted by Crippen LogP contribution is -2.41. The highest BCUT2D eigenvalue weighted by molar-refractivity contribution is 7.92. The van der Waals surface area contributed by atoms with E-state index in [1.807, 2.05) is 0 Å². The van der Waals surface area contributed by atoms with E-state index in [1.165, 1.54) is 13.2 Å². The number of halogens is 2. The van der Waals surface area contributed by atoms with Crippen molar-refractivity contribution >= 4 is 50.8 Å². The van der Waals surface area contributed by atoms with Gasteiger partial charge in [-0.1, -0.05) is 47.5 Å². The van der Waals surface area contributed by atoms with Crippen LogP contribution in [0.3, 0.4) is 0 Å². The third-order valence-electron chi connectivity index (χ3n) is 6.97. The Bertz CT molecular complexity index is 1500. The van der Waals surface area contributed by atoms with Gasteiger partial charge in [0.2, 0.25) is 5.91 Å². The van der Waals surface area contributed by atoms with Crippen LogP contribution < -0.4 is 9.46 Å². The fraction of sp³-hybridized carbons (Fsp3) is 0.333. The van der Waals surface area contributed by atoms with Crippen molar-refractivity contribution in [1.82, 2.24) is 4.90 Å². The lowest BCUT2D eigenvalue weighted by atomic mass is 9.96. The number of rotatable bonds is 10. The molecular weight excluding hydrogens is 587 g/mol. The zero-order valence-electron chi connectivity index (χ0n) is 22.9. The number of amides is 1. The number of esters is 1. The molecule has 3 aromatic carbocycles. The second-order valence-corrected chi connectivity index (χ2v) is 12.2. The number of piperidine rings is 1. The lowest BCUT2D eigenvalue weighted by Gasteiger charge is -2.31. The molecule has 1 saturated heterocycles. The van der Waals surface area contributed by atoms with Gasteiger partial charge in [0.25, 0.3) is 10.0 Å². The summed E-state index contributed by atoms with van der Waals surface area (Å²) in [4.78, 5) is 26.5. The molecule has 0 bridgehead atoms. The third kappa shape index (κ3) is 7.72. The maximum atomic E-state index is 13.4.